The van der Waals surface area contributed by atoms with Crippen molar-refractivity contribution in [3.05, 3.63) is 56.8 Å². The molecule has 0 atom stereocenters. The molecule has 4 aromatic rings. The standard InChI is InChI=1S/C22H20N4O6S.C2H4O2/c1-29-15-9-13(10-16(30-2)19(15)31-3)20-24-22-26(25-20)21(28)17(33-22)8-12-4-6-14(7-5-12)32-11-18(23)27;1-2(3)4/h4-10H,11H2,1-3H3,(H2,23,27);1H3,(H,3,4)/b17-8-;. The Morgan fingerprint density at radius 2 is 1.68 bits per heavy atom. The molecule has 2 aromatic heterocycles. The molecule has 194 valence electrons. The van der Waals surface area contributed by atoms with E-state index < -0.39 is 11.9 Å². The highest BCUT2D eigenvalue weighted by Crippen LogP contribution is 2.40. The molecule has 0 fully saturated rings. The maximum Gasteiger partial charge on any atom is 0.300 e. The van der Waals surface area contributed by atoms with Crippen molar-refractivity contribution in [2.45, 2.75) is 6.92 Å². The van der Waals surface area contributed by atoms with Crippen molar-refractivity contribution in [3.8, 4) is 34.4 Å². The third kappa shape index (κ3) is 6.52. The summed E-state index contributed by atoms with van der Waals surface area (Å²) in [6, 6.07) is 10.4. The molecule has 0 saturated carbocycles. The monoisotopic (exact) mass is 528 g/mol. The lowest BCUT2D eigenvalue weighted by molar-refractivity contribution is -0.134. The highest BCUT2D eigenvalue weighted by molar-refractivity contribution is 7.15. The molecule has 0 unspecified atom stereocenters. The van der Waals surface area contributed by atoms with Gasteiger partial charge in [0.1, 0.15) is 5.75 Å². The van der Waals surface area contributed by atoms with Crippen molar-refractivity contribution in [1.29, 1.82) is 0 Å². The zero-order chi connectivity index (χ0) is 27.1. The number of carboxylic acids is 1. The van der Waals surface area contributed by atoms with Gasteiger partial charge in [0, 0.05) is 12.5 Å². The smallest absolute Gasteiger partial charge is 0.300 e. The van der Waals surface area contributed by atoms with Gasteiger partial charge < -0.3 is 29.8 Å². The molecule has 0 saturated heterocycles. The lowest BCUT2D eigenvalue weighted by Gasteiger charge is -2.12. The average molecular weight is 529 g/mol. The van der Waals surface area contributed by atoms with E-state index in [9.17, 15) is 9.59 Å². The Kier molecular flexibility index (Phi) is 8.64. The van der Waals surface area contributed by atoms with Gasteiger partial charge in [-0.25, -0.2) is 0 Å². The van der Waals surface area contributed by atoms with Crippen molar-refractivity contribution in [3.63, 3.8) is 0 Å². The predicted molar refractivity (Wildman–Crippen MR) is 135 cm³/mol. The van der Waals surface area contributed by atoms with Crippen LogP contribution in [-0.4, -0.2) is 59.5 Å². The Bertz CT molecular complexity index is 1500. The molecule has 0 aliphatic carbocycles. The third-order valence-electron chi connectivity index (χ3n) is 4.66. The summed E-state index contributed by atoms with van der Waals surface area (Å²) in [5.74, 6) is 0.861. The largest absolute Gasteiger partial charge is 0.493 e. The minimum Gasteiger partial charge on any atom is -0.493 e. The molecule has 0 aliphatic heterocycles. The van der Waals surface area contributed by atoms with Crippen LogP contribution in [0.4, 0.5) is 0 Å². The van der Waals surface area contributed by atoms with E-state index in [1.54, 1.807) is 42.5 Å². The molecule has 0 bridgehead atoms. The number of amides is 1. The van der Waals surface area contributed by atoms with Gasteiger partial charge in [-0.3, -0.25) is 14.4 Å². The van der Waals surface area contributed by atoms with Crippen molar-refractivity contribution in [1.82, 2.24) is 14.6 Å². The van der Waals surface area contributed by atoms with E-state index in [0.29, 0.717) is 43.9 Å². The zero-order valence-electron chi connectivity index (χ0n) is 20.4. The molecular weight excluding hydrogens is 504 g/mol. The summed E-state index contributed by atoms with van der Waals surface area (Å²) in [4.78, 5) is 37.6. The van der Waals surface area contributed by atoms with E-state index in [4.69, 9.17) is 34.6 Å². The molecule has 12 nitrogen and oxygen atoms in total. The summed E-state index contributed by atoms with van der Waals surface area (Å²) in [6.45, 7) is 0.885. The minimum absolute atomic E-state index is 0.199. The fourth-order valence-electron chi connectivity index (χ4n) is 3.13. The lowest BCUT2D eigenvalue weighted by Crippen LogP contribution is -2.23. The number of methoxy groups -OCH3 is 3. The van der Waals surface area contributed by atoms with Crippen LogP contribution in [0.1, 0.15) is 12.5 Å². The Labute approximate surface area is 214 Å². The van der Waals surface area contributed by atoms with Gasteiger partial charge in [0.05, 0.1) is 25.9 Å². The number of carboxylic acid groups (broad SMARTS) is 1. The van der Waals surface area contributed by atoms with Crippen molar-refractivity contribution >= 4 is 34.3 Å². The third-order valence-corrected chi connectivity index (χ3v) is 5.62. The molecular formula is C24H24N4O8S. The van der Waals surface area contributed by atoms with Crippen molar-refractivity contribution in [2.24, 2.45) is 5.73 Å². The van der Waals surface area contributed by atoms with Gasteiger partial charge in [0.2, 0.25) is 10.7 Å². The first-order valence-corrected chi connectivity index (χ1v) is 11.4. The van der Waals surface area contributed by atoms with Gasteiger partial charge in [-0.1, -0.05) is 23.5 Å². The second-order valence-electron chi connectivity index (χ2n) is 7.30. The molecule has 0 aliphatic rings. The van der Waals surface area contributed by atoms with Crippen LogP contribution >= 0.6 is 11.3 Å². The Hall–Kier alpha value is -4.65. The van der Waals surface area contributed by atoms with Gasteiger partial charge >= 0.3 is 0 Å². The Balaban J connectivity index is 0.000000886. The summed E-state index contributed by atoms with van der Waals surface area (Å²) in [7, 11) is 4.57. The number of fused-ring (bicyclic) bond motifs is 1. The molecule has 4 rings (SSSR count). The fourth-order valence-corrected chi connectivity index (χ4v) is 4.04. The number of aromatic nitrogens is 3. The van der Waals surface area contributed by atoms with Gasteiger partial charge in [-0.15, -0.1) is 5.10 Å². The van der Waals surface area contributed by atoms with E-state index in [2.05, 4.69) is 10.1 Å². The van der Waals surface area contributed by atoms with E-state index in [1.807, 2.05) is 0 Å². The van der Waals surface area contributed by atoms with Crippen LogP contribution in [0.15, 0.2) is 41.2 Å². The number of benzene rings is 2. The summed E-state index contributed by atoms with van der Waals surface area (Å²) >= 11 is 1.22. The summed E-state index contributed by atoms with van der Waals surface area (Å²) in [5, 5.41) is 11.8. The number of thiazole rings is 1. The second kappa shape index (κ2) is 11.9. The number of hydrogen-bond acceptors (Lipinski definition) is 10. The molecule has 13 heteroatoms. The van der Waals surface area contributed by atoms with Crippen LogP contribution in [0.3, 0.4) is 0 Å². The summed E-state index contributed by atoms with van der Waals surface area (Å²) in [6.07, 6.45) is 1.74. The van der Waals surface area contributed by atoms with E-state index in [-0.39, 0.29) is 12.2 Å². The van der Waals surface area contributed by atoms with Crippen LogP contribution < -0.4 is 34.8 Å². The van der Waals surface area contributed by atoms with Crippen LogP contribution in [0.2, 0.25) is 0 Å². The summed E-state index contributed by atoms with van der Waals surface area (Å²) in [5.41, 5.74) is 6.19. The van der Waals surface area contributed by atoms with E-state index >= 15 is 0 Å². The van der Waals surface area contributed by atoms with Crippen LogP contribution in [0.5, 0.6) is 23.0 Å². The SMILES string of the molecule is CC(=O)O.COc1cc(-c2nc3s/c(=C\c4ccc(OCC(N)=O)cc4)c(=O)n3n2)cc(OC)c1OC. The molecule has 0 spiro atoms. The Morgan fingerprint density at radius 1 is 1.08 bits per heavy atom. The maximum absolute atomic E-state index is 12.9. The summed E-state index contributed by atoms with van der Waals surface area (Å²) < 4.78 is 23.1. The number of ether oxygens (including phenoxy) is 4. The molecule has 3 N–H and O–H groups in total. The average Bonchev–Trinajstić information content (AvgIpc) is 3.41. The minimum atomic E-state index is -0.833. The van der Waals surface area contributed by atoms with Crippen LogP contribution in [0, 0.1) is 0 Å². The highest BCUT2D eigenvalue weighted by atomic mass is 32.1. The number of nitrogens with zero attached hydrogens (tertiary/aromatic N) is 3. The normalized spacial score (nSPS) is 11.0. The first kappa shape index (κ1) is 26.9. The quantitative estimate of drug-likeness (QED) is 0.341. The van der Waals surface area contributed by atoms with Gasteiger partial charge in [0.15, 0.2) is 23.9 Å². The molecule has 1 amide bonds. The lowest BCUT2D eigenvalue weighted by atomic mass is 10.1. The second-order valence-corrected chi connectivity index (χ2v) is 8.31. The predicted octanol–water partition coefficient (Wildman–Crippen LogP) is 1.35. The number of aliphatic carboxylic acids is 1. The van der Waals surface area contributed by atoms with Crippen molar-refractivity contribution < 1.29 is 33.6 Å². The zero-order valence-corrected chi connectivity index (χ0v) is 21.2. The van der Waals surface area contributed by atoms with E-state index in [0.717, 1.165) is 12.5 Å². The number of primary amides is 1. The van der Waals surface area contributed by atoms with Gasteiger partial charge in [-0.05, 0) is 35.9 Å². The molecule has 37 heavy (non-hydrogen) atoms. The van der Waals surface area contributed by atoms with Crippen LogP contribution in [-0.2, 0) is 9.59 Å². The van der Waals surface area contributed by atoms with E-state index in [1.165, 1.54) is 37.2 Å². The first-order valence-electron chi connectivity index (χ1n) is 10.6. The Morgan fingerprint density at radius 3 is 2.16 bits per heavy atom. The molecule has 2 heterocycles. The number of carbonyl (C=O) groups excluding carboxylic acids is 1. The van der Waals surface area contributed by atoms with Crippen molar-refractivity contribution in [2.75, 3.05) is 27.9 Å². The topological polar surface area (TPSA) is 165 Å². The van der Waals surface area contributed by atoms with Crippen LogP contribution in [0.25, 0.3) is 22.4 Å². The maximum atomic E-state index is 12.9. The number of nitrogens with two attached hydrogens (primary N) is 1. The molecule has 0 radical (unpaired) electrons. The highest BCUT2D eigenvalue weighted by Gasteiger charge is 2.18. The number of rotatable bonds is 8. The fraction of sp³-hybridized carbons (Fsp3) is 0.208. The first-order chi connectivity index (χ1) is 17.7. The number of carbonyl (C=O) groups is 2. The van der Waals surface area contributed by atoms with Gasteiger partial charge in [-0.2, -0.15) is 9.50 Å². The van der Waals surface area contributed by atoms with Gasteiger partial charge in [0.25, 0.3) is 17.4 Å². The molecule has 2 aromatic carbocycles. The number of hydrogen-bond donors (Lipinski definition) is 2.